The Morgan fingerprint density at radius 1 is 1.33 bits per heavy atom. The molecule has 7 heteroatoms. The van der Waals surface area contributed by atoms with Crippen LogP contribution in [0.25, 0.3) is 0 Å². The summed E-state index contributed by atoms with van der Waals surface area (Å²) in [6, 6.07) is 6.98. The maximum absolute atomic E-state index is 12.6. The number of nitrogens with one attached hydrogen (secondary N) is 1. The van der Waals surface area contributed by atoms with Crippen molar-refractivity contribution in [3.63, 3.8) is 0 Å². The molecule has 0 fully saturated rings. The van der Waals surface area contributed by atoms with E-state index in [1.54, 1.807) is 43.2 Å². The van der Waals surface area contributed by atoms with Crippen LogP contribution < -0.4 is 5.32 Å². The summed E-state index contributed by atoms with van der Waals surface area (Å²) in [6.45, 7) is 0.933. The first-order chi connectivity index (χ1) is 9.93. The molecular weight excluding hydrogens is 288 g/mol. The first-order valence-electron chi connectivity index (χ1n) is 6.61. The van der Waals surface area contributed by atoms with Crippen molar-refractivity contribution in [3.05, 3.63) is 47.8 Å². The Hall–Kier alpha value is -1.70. The second-order valence-electron chi connectivity index (χ2n) is 4.96. The van der Waals surface area contributed by atoms with Crippen LogP contribution in [0.5, 0.6) is 0 Å². The van der Waals surface area contributed by atoms with Crippen molar-refractivity contribution >= 4 is 10.0 Å². The quantitative estimate of drug-likeness (QED) is 0.863. The number of rotatable bonds is 6. The molecule has 0 unspecified atom stereocenters. The summed E-state index contributed by atoms with van der Waals surface area (Å²) in [6.07, 6.45) is 3.48. The van der Waals surface area contributed by atoms with Crippen molar-refractivity contribution in [2.24, 2.45) is 7.05 Å². The van der Waals surface area contributed by atoms with Gasteiger partial charge >= 0.3 is 0 Å². The van der Waals surface area contributed by atoms with Crippen molar-refractivity contribution in [1.82, 2.24) is 19.4 Å². The first-order valence-corrected chi connectivity index (χ1v) is 8.05. The molecule has 114 valence electrons. The van der Waals surface area contributed by atoms with E-state index in [4.69, 9.17) is 0 Å². The van der Waals surface area contributed by atoms with Gasteiger partial charge in [-0.1, -0.05) is 12.1 Å². The number of aromatic nitrogens is 2. The van der Waals surface area contributed by atoms with Crippen LogP contribution in [0, 0.1) is 0 Å². The van der Waals surface area contributed by atoms with Gasteiger partial charge < -0.3 is 5.32 Å². The molecule has 0 saturated heterocycles. The standard InChI is InChI=1S/C14H20N4O2S/c1-15-8-12-5-4-6-14(7-12)21(19,20)18(3)11-13-9-16-17(2)10-13/h4-7,9-10,15H,8,11H2,1-3H3. The van der Waals surface area contributed by atoms with Gasteiger partial charge in [0.05, 0.1) is 11.1 Å². The molecule has 21 heavy (non-hydrogen) atoms. The van der Waals surface area contributed by atoms with Gasteiger partial charge in [-0.05, 0) is 24.7 Å². The number of hydrogen-bond acceptors (Lipinski definition) is 4. The molecule has 1 heterocycles. The van der Waals surface area contributed by atoms with E-state index >= 15 is 0 Å². The van der Waals surface area contributed by atoms with E-state index in [2.05, 4.69) is 10.4 Å². The number of benzene rings is 1. The van der Waals surface area contributed by atoms with Crippen LogP contribution in [-0.2, 0) is 30.2 Å². The third-order valence-electron chi connectivity index (χ3n) is 3.15. The fourth-order valence-electron chi connectivity index (χ4n) is 2.10. The van der Waals surface area contributed by atoms with Crippen molar-refractivity contribution in [1.29, 1.82) is 0 Å². The molecule has 2 rings (SSSR count). The van der Waals surface area contributed by atoms with Gasteiger partial charge in [-0.2, -0.15) is 9.40 Å². The van der Waals surface area contributed by atoms with E-state index in [1.165, 1.54) is 4.31 Å². The lowest BCUT2D eigenvalue weighted by molar-refractivity contribution is 0.466. The number of nitrogens with zero attached hydrogens (tertiary/aromatic N) is 3. The fourth-order valence-corrected chi connectivity index (χ4v) is 3.33. The maximum atomic E-state index is 12.6. The summed E-state index contributed by atoms with van der Waals surface area (Å²) < 4.78 is 28.1. The van der Waals surface area contributed by atoms with Crippen molar-refractivity contribution in [2.75, 3.05) is 14.1 Å². The summed E-state index contributed by atoms with van der Waals surface area (Å²) in [5, 5.41) is 7.06. The first kappa shape index (κ1) is 15.7. The SMILES string of the molecule is CNCc1cccc(S(=O)(=O)N(C)Cc2cnn(C)c2)c1. The highest BCUT2D eigenvalue weighted by atomic mass is 32.2. The largest absolute Gasteiger partial charge is 0.316 e. The van der Waals surface area contributed by atoms with E-state index < -0.39 is 10.0 Å². The highest BCUT2D eigenvalue weighted by Gasteiger charge is 2.21. The van der Waals surface area contributed by atoms with Crippen LogP contribution in [0.4, 0.5) is 0 Å². The molecule has 0 saturated carbocycles. The van der Waals surface area contributed by atoms with E-state index in [-0.39, 0.29) is 0 Å². The molecule has 0 radical (unpaired) electrons. The van der Waals surface area contributed by atoms with Crippen LogP contribution in [0.1, 0.15) is 11.1 Å². The normalized spacial score (nSPS) is 12.0. The number of aryl methyl sites for hydroxylation is 1. The molecule has 0 atom stereocenters. The van der Waals surface area contributed by atoms with E-state index in [9.17, 15) is 8.42 Å². The lowest BCUT2D eigenvalue weighted by Gasteiger charge is -2.17. The van der Waals surface area contributed by atoms with Crippen molar-refractivity contribution in [3.8, 4) is 0 Å². The van der Waals surface area contributed by atoms with Gasteiger partial charge in [0, 0.05) is 38.9 Å². The average molecular weight is 308 g/mol. The van der Waals surface area contributed by atoms with E-state index in [1.807, 2.05) is 19.3 Å². The Labute approximate surface area is 125 Å². The lowest BCUT2D eigenvalue weighted by Crippen LogP contribution is -2.26. The minimum Gasteiger partial charge on any atom is -0.316 e. The highest BCUT2D eigenvalue weighted by Crippen LogP contribution is 2.18. The molecule has 6 nitrogen and oxygen atoms in total. The van der Waals surface area contributed by atoms with Crippen molar-refractivity contribution < 1.29 is 8.42 Å². The molecule has 0 aliphatic rings. The van der Waals surface area contributed by atoms with Crippen LogP contribution >= 0.6 is 0 Å². The van der Waals surface area contributed by atoms with Gasteiger partial charge in [-0.25, -0.2) is 8.42 Å². The Morgan fingerprint density at radius 2 is 2.10 bits per heavy atom. The highest BCUT2D eigenvalue weighted by molar-refractivity contribution is 7.89. The molecule has 0 bridgehead atoms. The summed E-state index contributed by atoms with van der Waals surface area (Å²) >= 11 is 0. The number of sulfonamides is 1. The van der Waals surface area contributed by atoms with Gasteiger partial charge in [-0.15, -0.1) is 0 Å². The summed E-state index contributed by atoms with van der Waals surface area (Å²) in [4.78, 5) is 0.307. The summed E-state index contributed by atoms with van der Waals surface area (Å²) in [7, 11) is 1.71. The van der Waals surface area contributed by atoms with Crippen LogP contribution in [-0.4, -0.2) is 36.6 Å². The van der Waals surface area contributed by atoms with Crippen LogP contribution in [0.15, 0.2) is 41.6 Å². The zero-order valence-corrected chi connectivity index (χ0v) is 13.3. The smallest absolute Gasteiger partial charge is 0.243 e. The third kappa shape index (κ3) is 3.69. The zero-order valence-electron chi connectivity index (χ0n) is 12.4. The summed E-state index contributed by atoms with van der Waals surface area (Å²) in [5.41, 5.74) is 1.79. The molecule has 2 aromatic rings. The molecule has 0 aliphatic carbocycles. The molecule has 1 N–H and O–H groups in total. The van der Waals surface area contributed by atoms with Crippen molar-refractivity contribution in [2.45, 2.75) is 18.0 Å². The third-order valence-corrected chi connectivity index (χ3v) is 4.95. The van der Waals surface area contributed by atoms with Gasteiger partial charge in [0.1, 0.15) is 0 Å². The predicted molar refractivity (Wildman–Crippen MR) is 81.1 cm³/mol. The number of hydrogen-bond donors (Lipinski definition) is 1. The van der Waals surface area contributed by atoms with Crippen LogP contribution in [0.3, 0.4) is 0 Å². The maximum Gasteiger partial charge on any atom is 0.243 e. The van der Waals surface area contributed by atoms with Crippen LogP contribution in [0.2, 0.25) is 0 Å². The van der Waals surface area contributed by atoms with Gasteiger partial charge in [-0.3, -0.25) is 4.68 Å². The Balaban J connectivity index is 2.22. The minimum atomic E-state index is -3.50. The second kappa shape index (κ2) is 6.38. The zero-order chi connectivity index (χ0) is 15.5. The Bertz CT molecular complexity index is 709. The van der Waals surface area contributed by atoms with Gasteiger partial charge in [0.15, 0.2) is 0 Å². The Morgan fingerprint density at radius 3 is 2.71 bits per heavy atom. The van der Waals surface area contributed by atoms with Gasteiger partial charge in [0.2, 0.25) is 10.0 Å². The molecule has 1 aromatic carbocycles. The minimum absolute atomic E-state index is 0.298. The van der Waals surface area contributed by atoms with E-state index in [0.29, 0.717) is 18.0 Å². The predicted octanol–water partition coefficient (Wildman–Crippen LogP) is 0.960. The topological polar surface area (TPSA) is 67.2 Å². The molecule has 0 amide bonds. The fraction of sp³-hybridized carbons (Fsp3) is 0.357. The van der Waals surface area contributed by atoms with Gasteiger partial charge in [0.25, 0.3) is 0 Å². The summed E-state index contributed by atoms with van der Waals surface area (Å²) in [5.74, 6) is 0. The van der Waals surface area contributed by atoms with E-state index in [0.717, 1.165) is 11.1 Å². The second-order valence-corrected chi connectivity index (χ2v) is 7.01. The molecule has 0 aliphatic heterocycles. The Kier molecular flexibility index (Phi) is 4.76. The average Bonchev–Trinajstić information content (AvgIpc) is 2.85. The molecular formula is C14H20N4O2S. The molecule has 1 aromatic heterocycles. The monoisotopic (exact) mass is 308 g/mol. The molecule has 0 spiro atoms. The lowest BCUT2D eigenvalue weighted by atomic mass is 10.2.